The molecule has 1 aliphatic rings. The van der Waals surface area contributed by atoms with E-state index in [2.05, 4.69) is 4.99 Å². The first-order valence-corrected chi connectivity index (χ1v) is 11.2. The summed E-state index contributed by atoms with van der Waals surface area (Å²) in [5.41, 5.74) is 1.51. The Hall–Kier alpha value is -3.33. The molecule has 1 saturated heterocycles. The predicted molar refractivity (Wildman–Crippen MR) is 126 cm³/mol. The van der Waals surface area contributed by atoms with Crippen molar-refractivity contribution in [1.29, 1.82) is 0 Å². The van der Waals surface area contributed by atoms with Gasteiger partial charge in [-0.3, -0.25) is 24.8 Å². The first kappa shape index (κ1) is 23.3. The maximum Gasteiger partial charge on any atom is 0.269 e. The van der Waals surface area contributed by atoms with Gasteiger partial charge in [-0.05, 0) is 61.9 Å². The van der Waals surface area contributed by atoms with Crippen molar-refractivity contribution in [3.05, 3.63) is 68.6 Å². The third-order valence-electron chi connectivity index (χ3n) is 4.58. The van der Waals surface area contributed by atoms with Crippen molar-refractivity contribution in [2.24, 2.45) is 4.99 Å². The molecule has 0 bridgehead atoms. The van der Waals surface area contributed by atoms with E-state index in [0.29, 0.717) is 46.8 Å². The number of carbonyl (C=O) groups is 1. The number of hydrogen-bond acceptors (Lipinski definition) is 7. The molecule has 0 spiro atoms. The summed E-state index contributed by atoms with van der Waals surface area (Å²) in [4.78, 5) is 29.9. The van der Waals surface area contributed by atoms with Gasteiger partial charge in [-0.1, -0.05) is 18.2 Å². The number of likely N-dealkylation sites (N-methyl/N-ethyl adjacent to an activating group) is 1. The normalized spacial score (nSPS) is 16.1. The lowest BCUT2D eigenvalue weighted by atomic mass is 10.1. The molecule has 1 fully saturated rings. The highest BCUT2D eigenvalue weighted by Crippen LogP contribution is 2.35. The van der Waals surface area contributed by atoms with Crippen LogP contribution in [0.5, 0.6) is 11.5 Å². The number of ether oxygens (including phenoxy) is 2. The number of non-ortho nitro benzene ring substituents is 1. The summed E-state index contributed by atoms with van der Waals surface area (Å²) < 4.78 is 11.6. The van der Waals surface area contributed by atoms with E-state index in [1.807, 2.05) is 39.0 Å². The summed E-state index contributed by atoms with van der Waals surface area (Å²) in [6.45, 7) is 7.53. The van der Waals surface area contributed by atoms with Gasteiger partial charge in [0.2, 0.25) is 0 Å². The Morgan fingerprint density at radius 1 is 1.12 bits per heavy atom. The number of aliphatic imine (C=N–C) groups is 1. The molecule has 0 N–H and O–H groups in total. The molecule has 1 aliphatic heterocycles. The van der Waals surface area contributed by atoms with Gasteiger partial charge in [0.05, 0.1) is 16.4 Å². The Morgan fingerprint density at radius 2 is 1.94 bits per heavy atom. The minimum Gasteiger partial charge on any atom is -0.490 e. The van der Waals surface area contributed by atoms with Crippen LogP contribution >= 0.6 is 11.8 Å². The molecule has 2 aromatic carbocycles. The standard InChI is InChI=1S/C23H25N3O5S/c1-4-24-23-25(5-2)22(27)21(32-23)14-16-10-11-19(20(13-16)30-6-3)31-15-17-8-7-9-18(12-17)26(28)29/h7-14H,4-6,15H2,1-3H3/b21-14+,24-23?. The van der Waals surface area contributed by atoms with Crippen LogP contribution in [-0.2, 0) is 11.4 Å². The lowest BCUT2D eigenvalue weighted by Crippen LogP contribution is -2.28. The first-order valence-electron chi connectivity index (χ1n) is 10.4. The van der Waals surface area contributed by atoms with E-state index in [0.717, 1.165) is 5.56 Å². The van der Waals surface area contributed by atoms with Crippen LogP contribution in [0.4, 0.5) is 5.69 Å². The molecule has 0 aromatic heterocycles. The van der Waals surface area contributed by atoms with Gasteiger partial charge in [0, 0.05) is 25.2 Å². The number of nitro benzene ring substituents is 1. The molecule has 32 heavy (non-hydrogen) atoms. The first-order chi connectivity index (χ1) is 15.5. The van der Waals surface area contributed by atoms with Gasteiger partial charge in [-0.25, -0.2) is 0 Å². The van der Waals surface area contributed by atoms with E-state index in [4.69, 9.17) is 9.47 Å². The third-order valence-corrected chi connectivity index (χ3v) is 5.62. The Kier molecular flexibility index (Phi) is 7.88. The Bertz CT molecular complexity index is 1070. The van der Waals surface area contributed by atoms with E-state index in [9.17, 15) is 14.9 Å². The lowest BCUT2D eigenvalue weighted by molar-refractivity contribution is -0.384. The third kappa shape index (κ3) is 5.47. The molecule has 1 amide bonds. The van der Waals surface area contributed by atoms with Gasteiger partial charge >= 0.3 is 0 Å². The van der Waals surface area contributed by atoms with Crippen LogP contribution in [0.1, 0.15) is 31.9 Å². The molecule has 0 radical (unpaired) electrons. The molecule has 0 aliphatic carbocycles. The summed E-state index contributed by atoms with van der Waals surface area (Å²) in [6.07, 6.45) is 1.82. The van der Waals surface area contributed by atoms with Crippen LogP contribution in [0.15, 0.2) is 52.4 Å². The molecule has 8 nitrogen and oxygen atoms in total. The fourth-order valence-electron chi connectivity index (χ4n) is 3.11. The zero-order valence-corrected chi connectivity index (χ0v) is 19.1. The second-order valence-electron chi connectivity index (χ2n) is 6.77. The molecule has 2 aromatic rings. The number of benzene rings is 2. The molecule has 0 saturated carbocycles. The smallest absolute Gasteiger partial charge is 0.269 e. The SMILES string of the molecule is CCN=C1S/C(=C/c2ccc(OCc3cccc([N+](=O)[O-])c3)c(OCC)c2)C(=O)N1CC. The van der Waals surface area contributed by atoms with Crippen molar-refractivity contribution >= 4 is 34.6 Å². The van der Waals surface area contributed by atoms with E-state index in [1.54, 1.807) is 23.1 Å². The van der Waals surface area contributed by atoms with Crippen molar-refractivity contribution in [1.82, 2.24) is 4.90 Å². The highest BCUT2D eigenvalue weighted by molar-refractivity contribution is 8.18. The van der Waals surface area contributed by atoms with Crippen molar-refractivity contribution in [2.75, 3.05) is 19.7 Å². The molecule has 9 heteroatoms. The molecular weight excluding hydrogens is 430 g/mol. The monoisotopic (exact) mass is 455 g/mol. The van der Waals surface area contributed by atoms with E-state index in [1.165, 1.54) is 23.9 Å². The summed E-state index contributed by atoms with van der Waals surface area (Å²) in [5.74, 6) is 1.00. The Balaban J connectivity index is 1.81. The average molecular weight is 456 g/mol. The van der Waals surface area contributed by atoms with Gasteiger partial charge in [0.25, 0.3) is 11.6 Å². The summed E-state index contributed by atoms with van der Waals surface area (Å²) >= 11 is 1.37. The number of amides is 1. The van der Waals surface area contributed by atoms with Crippen molar-refractivity contribution < 1.29 is 19.2 Å². The number of nitrogens with zero attached hydrogens (tertiary/aromatic N) is 3. The average Bonchev–Trinajstić information content (AvgIpc) is 3.07. The van der Waals surface area contributed by atoms with Crippen LogP contribution in [0.2, 0.25) is 0 Å². The van der Waals surface area contributed by atoms with Gasteiger partial charge in [0.15, 0.2) is 16.7 Å². The topological polar surface area (TPSA) is 94.3 Å². The zero-order chi connectivity index (χ0) is 23.1. The van der Waals surface area contributed by atoms with E-state index < -0.39 is 4.92 Å². The molecule has 3 rings (SSSR count). The highest BCUT2D eigenvalue weighted by atomic mass is 32.2. The lowest BCUT2D eigenvalue weighted by Gasteiger charge is -2.13. The maximum absolute atomic E-state index is 12.7. The Labute approximate surface area is 191 Å². The van der Waals surface area contributed by atoms with E-state index >= 15 is 0 Å². The van der Waals surface area contributed by atoms with Crippen LogP contribution in [0, 0.1) is 10.1 Å². The second-order valence-corrected chi connectivity index (χ2v) is 7.78. The minimum atomic E-state index is -0.434. The quantitative estimate of drug-likeness (QED) is 0.304. The largest absolute Gasteiger partial charge is 0.490 e. The Morgan fingerprint density at radius 3 is 2.62 bits per heavy atom. The molecule has 0 unspecified atom stereocenters. The fourth-order valence-corrected chi connectivity index (χ4v) is 4.22. The predicted octanol–water partition coefficient (Wildman–Crippen LogP) is 4.88. The van der Waals surface area contributed by atoms with Crippen LogP contribution in [0.3, 0.4) is 0 Å². The summed E-state index contributed by atoms with van der Waals surface area (Å²) in [6, 6.07) is 11.8. The number of rotatable bonds is 9. The number of nitro groups is 1. The second kappa shape index (κ2) is 10.8. The van der Waals surface area contributed by atoms with Crippen LogP contribution in [0.25, 0.3) is 6.08 Å². The number of amidine groups is 1. The van der Waals surface area contributed by atoms with Crippen LogP contribution in [-0.4, -0.2) is 40.6 Å². The molecular formula is C23H25N3O5S. The maximum atomic E-state index is 12.7. The zero-order valence-electron chi connectivity index (χ0n) is 18.2. The van der Waals surface area contributed by atoms with Crippen LogP contribution < -0.4 is 9.47 Å². The van der Waals surface area contributed by atoms with E-state index in [-0.39, 0.29) is 18.2 Å². The summed E-state index contributed by atoms with van der Waals surface area (Å²) in [7, 11) is 0. The number of hydrogen-bond donors (Lipinski definition) is 0. The molecule has 168 valence electrons. The van der Waals surface area contributed by atoms with Crippen molar-refractivity contribution in [3.63, 3.8) is 0 Å². The molecule has 1 heterocycles. The minimum absolute atomic E-state index is 0.0175. The van der Waals surface area contributed by atoms with Crippen molar-refractivity contribution in [3.8, 4) is 11.5 Å². The number of thioether (sulfide) groups is 1. The highest BCUT2D eigenvalue weighted by Gasteiger charge is 2.31. The van der Waals surface area contributed by atoms with Gasteiger partial charge in [-0.2, -0.15) is 0 Å². The van der Waals surface area contributed by atoms with Gasteiger partial charge in [0.1, 0.15) is 6.61 Å². The fraction of sp³-hybridized carbons (Fsp3) is 0.304. The van der Waals surface area contributed by atoms with Gasteiger partial charge in [-0.15, -0.1) is 0 Å². The molecule has 0 atom stereocenters. The number of carbonyl (C=O) groups excluding carboxylic acids is 1. The van der Waals surface area contributed by atoms with Gasteiger partial charge < -0.3 is 9.47 Å². The van der Waals surface area contributed by atoms with Crippen molar-refractivity contribution in [2.45, 2.75) is 27.4 Å². The summed E-state index contributed by atoms with van der Waals surface area (Å²) in [5, 5.41) is 11.7.